The van der Waals surface area contributed by atoms with Crippen LogP contribution in [0.1, 0.15) is 22.2 Å². The second-order valence-corrected chi connectivity index (χ2v) is 9.35. The Labute approximate surface area is 177 Å². The number of halogens is 1. The zero-order valence-corrected chi connectivity index (χ0v) is 18.1. The van der Waals surface area contributed by atoms with Crippen molar-refractivity contribution >= 4 is 55.5 Å². The molecule has 3 heterocycles. The van der Waals surface area contributed by atoms with Crippen LogP contribution in [0.25, 0.3) is 10.2 Å². The number of nitrogens with zero attached hydrogens (tertiary/aromatic N) is 3. The molecule has 0 spiro atoms. The van der Waals surface area contributed by atoms with Crippen LogP contribution in [0.5, 0.6) is 0 Å². The first-order valence-electron chi connectivity index (χ1n) is 9.41. The van der Waals surface area contributed by atoms with Crippen molar-refractivity contribution in [1.82, 2.24) is 9.88 Å². The molecule has 0 radical (unpaired) electrons. The Bertz CT molecular complexity index is 965. The number of hydrogen-bond donors (Lipinski definition) is 0. The van der Waals surface area contributed by atoms with E-state index in [2.05, 4.69) is 30.0 Å². The van der Waals surface area contributed by atoms with E-state index in [1.165, 1.54) is 16.9 Å². The SMILES string of the molecule is CCc1cccc2sc(N(CCN3CCOCC3)C(=O)c3ccc(Cl)s3)nc12. The molecule has 0 saturated carbocycles. The van der Waals surface area contributed by atoms with Gasteiger partial charge < -0.3 is 4.74 Å². The molecule has 1 aliphatic rings. The van der Waals surface area contributed by atoms with E-state index in [4.69, 9.17) is 21.3 Å². The molecule has 1 amide bonds. The molecule has 1 fully saturated rings. The fraction of sp³-hybridized carbons (Fsp3) is 0.400. The molecule has 5 nitrogen and oxygen atoms in total. The first-order valence-corrected chi connectivity index (χ1v) is 11.4. The topological polar surface area (TPSA) is 45.7 Å². The van der Waals surface area contributed by atoms with Gasteiger partial charge in [0.2, 0.25) is 0 Å². The lowest BCUT2D eigenvalue weighted by Crippen LogP contribution is -2.43. The third kappa shape index (κ3) is 4.23. The molecule has 1 aromatic carbocycles. The van der Waals surface area contributed by atoms with Gasteiger partial charge in [-0.15, -0.1) is 11.3 Å². The fourth-order valence-electron chi connectivity index (χ4n) is 3.31. The molecular formula is C20H22ClN3O2S2. The predicted molar refractivity (Wildman–Crippen MR) is 117 cm³/mol. The van der Waals surface area contributed by atoms with Gasteiger partial charge in [0.05, 0.1) is 32.6 Å². The monoisotopic (exact) mass is 435 g/mol. The summed E-state index contributed by atoms with van der Waals surface area (Å²) in [7, 11) is 0. The minimum atomic E-state index is -0.0396. The van der Waals surface area contributed by atoms with E-state index in [-0.39, 0.29) is 5.91 Å². The van der Waals surface area contributed by atoms with Crippen molar-refractivity contribution in [1.29, 1.82) is 0 Å². The Hall–Kier alpha value is -1.51. The summed E-state index contributed by atoms with van der Waals surface area (Å²) in [6, 6.07) is 9.80. The third-order valence-corrected chi connectivity index (χ3v) is 7.14. The van der Waals surface area contributed by atoms with Crippen molar-refractivity contribution in [2.24, 2.45) is 0 Å². The van der Waals surface area contributed by atoms with Gasteiger partial charge >= 0.3 is 0 Å². The number of carbonyl (C=O) groups is 1. The number of hydrogen-bond acceptors (Lipinski definition) is 6. The first kappa shape index (κ1) is 19.8. The molecule has 28 heavy (non-hydrogen) atoms. The van der Waals surface area contributed by atoms with Crippen LogP contribution in [0.15, 0.2) is 30.3 Å². The quantitative estimate of drug-likeness (QED) is 0.569. The van der Waals surface area contributed by atoms with E-state index in [0.29, 0.717) is 15.8 Å². The van der Waals surface area contributed by atoms with Crippen molar-refractivity contribution in [3.63, 3.8) is 0 Å². The Morgan fingerprint density at radius 3 is 2.79 bits per heavy atom. The zero-order chi connectivity index (χ0) is 19.5. The number of para-hydroxylation sites is 1. The summed E-state index contributed by atoms with van der Waals surface area (Å²) in [5.74, 6) is -0.0396. The van der Waals surface area contributed by atoms with Gasteiger partial charge in [-0.3, -0.25) is 14.6 Å². The average molecular weight is 436 g/mol. The number of aryl methyl sites for hydroxylation is 1. The molecule has 2 aromatic heterocycles. The molecule has 0 unspecified atom stereocenters. The van der Waals surface area contributed by atoms with Crippen molar-refractivity contribution < 1.29 is 9.53 Å². The Morgan fingerprint density at radius 1 is 1.25 bits per heavy atom. The van der Waals surface area contributed by atoms with Gasteiger partial charge in [0.25, 0.3) is 5.91 Å². The highest BCUT2D eigenvalue weighted by molar-refractivity contribution is 7.22. The summed E-state index contributed by atoms with van der Waals surface area (Å²) >= 11 is 8.96. The molecule has 1 saturated heterocycles. The lowest BCUT2D eigenvalue weighted by molar-refractivity contribution is 0.0391. The zero-order valence-electron chi connectivity index (χ0n) is 15.7. The molecule has 4 rings (SSSR count). The van der Waals surface area contributed by atoms with Gasteiger partial charge in [-0.2, -0.15) is 0 Å². The van der Waals surface area contributed by atoms with Crippen LogP contribution >= 0.6 is 34.3 Å². The number of amides is 1. The number of anilines is 1. The van der Waals surface area contributed by atoms with Crippen LogP contribution < -0.4 is 4.90 Å². The maximum absolute atomic E-state index is 13.3. The molecule has 0 bridgehead atoms. The van der Waals surface area contributed by atoms with E-state index in [1.54, 1.807) is 23.5 Å². The summed E-state index contributed by atoms with van der Waals surface area (Å²) in [6.07, 6.45) is 0.919. The minimum absolute atomic E-state index is 0.0396. The maximum Gasteiger partial charge on any atom is 0.270 e. The summed E-state index contributed by atoms with van der Waals surface area (Å²) in [5, 5.41) is 0.749. The third-order valence-electron chi connectivity index (χ3n) is 4.88. The molecule has 0 atom stereocenters. The fourth-order valence-corrected chi connectivity index (χ4v) is 5.34. The summed E-state index contributed by atoms with van der Waals surface area (Å²) in [4.78, 5) is 22.9. The van der Waals surface area contributed by atoms with Gasteiger partial charge in [0.15, 0.2) is 5.13 Å². The highest BCUT2D eigenvalue weighted by atomic mass is 35.5. The highest BCUT2D eigenvalue weighted by Crippen LogP contribution is 2.33. The Balaban J connectivity index is 1.64. The molecule has 3 aromatic rings. The van der Waals surface area contributed by atoms with Crippen LogP contribution in [-0.4, -0.2) is 55.2 Å². The molecule has 0 aliphatic carbocycles. The number of thiazole rings is 1. The van der Waals surface area contributed by atoms with Gasteiger partial charge in [-0.1, -0.05) is 42.0 Å². The number of morpholine rings is 1. The first-order chi connectivity index (χ1) is 13.7. The molecular weight excluding hydrogens is 414 g/mol. The van der Waals surface area contributed by atoms with E-state index < -0.39 is 0 Å². The number of thiophene rings is 1. The van der Waals surface area contributed by atoms with Crippen LogP contribution in [0.2, 0.25) is 4.34 Å². The normalized spacial score (nSPS) is 15.2. The van der Waals surface area contributed by atoms with Gasteiger partial charge in [0.1, 0.15) is 0 Å². The largest absolute Gasteiger partial charge is 0.379 e. The lowest BCUT2D eigenvalue weighted by Gasteiger charge is -2.29. The summed E-state index contributed by atoms with van der Waals surface area (Å²) in [6.45, 7) is 6.80. The van der Waals surface area contributed by atoms with Crippen molar-refractivity contribution in [2.45, 2.75) is 13.3 Å². The van der Waals surface area contributed by atoms with Gasteiger partial charge in [-0.25, -0.2) is 4.98 Å². The molecule has 1 aliphatic heterocycles. The van der Waals surface area contributed by atoms with E-state index in [1.807, 2.05) is 4.90 Å². The smallest absolute Gasteiger partial charge is 0.270 e. The molecule has 8 heteroatoms. The van der Waals surface area contributed by atoms with E-state index in [9.17, 15) is 4.79 Å². The number of aromatic nitrogens is 1. The van der Waals surface area contributed by atoms with Crippen LogP contribution in [-0.2, 0) is 11.2 Å². The predicted octanol–water partition coefficient (Wildman–Crippen LogP) is 4.55. The highest BCUT2D eigenvalue weighted by Gasteiger charge is 2.24. The number of benzene rings is 1. The number of rotatable bonds is 6. The van der Waals surface area contributed by atoms with Gasteiger partial charge in [0, 0.05) is 26.2 Å². The summed E-state index contributed by atoms with van der Waals surface area (Å²) < 4.78 is 7.16. The van der Waals surface area contributed by atoms with Crippen LogP contribution in [0.3, 0.4) is 0 Å². The maximum atomic E-state index is 13.3. The van der Waals surface area contributed by atoms with Crippen molar-refractivity contribution in [3.8, 4) is 0 Å². The van der Waals surface area contributed by atoms with Gasteiger partial charge in [-0.05, 0) is 30.2 Å². The van der Waals surface area contributed by atoms with Crippen molar-refractivity contribution in [3.05, 3.63) is 45.1 Å². The summed E-state index contributed by atoms with van der Waals surface area (Å²) in [5.41, 5.74) is 2.21. The van der Waals surface area contributed by atoms with Crippen molar-refractivity contribution in [2.75, 3.05) is 44.3 Å². The van der Waals surface area contributed by atoms with E-state index in [0.717, 1.165) is 54.6 Å². The molecule has 0 N–H and O–H groups in total. The standard InChI is InChI=1S/C20H22ClN3O2S2/c1-2-14-4-3-5-15-18(14)22-20(28-15)24(9-8-23-10-12-26-13-11-23)19(25)16-6-7-17(21)27-16/h3-7H,2,8-13H2,1H3. The Kier molecular flexibility index (Phi) is 6.28. The second kappa shape index (κ2) is 8.88. The minimum Gasteiger partial charge on any atom is -0.379 e. The average Bonchev–Trinajstić information content (AvgIpc) is 3.34. The van der Waals surface area contributed by atoms with E-state index >= 15 is 0 Å². The molecule has 148 valence electrons. The second-order valence-electron chi connectivity index (χ2n) is 6.63. The number of fused-ring (bicyclic) bond motifs is 1. The Morgan fingerprint density at radius 2 is 2.07 bits per heavy atom. The number of carbonyl (C=O) groups excluding carboxylic acids is 1. The van der Waals surface area contributed by atoms with Crippen LogP contribution in [0, 0.1) is 0 Å². The lowest BCUT2D eigenvalue weighted by atomic mass is 10.1. The number of ether oxygens (including phenoxy) is 1. The van der Waals surface area contributed by atoms with Crippen LogP contribution in [0.4, 0.5) is 5.13 Å².